The summed E-state index contributed by atoms with van der Waals surface area (Å²) in [5.41, 5.74) is 2.05. The van der Waals surface area contributed by atoms with E-state index in [1.165, 1.54) is 12.0 Å². The average molecular weight is 444 g/mol. The molecule has 0 spiro atoms. The third-order valence-corrected chi connectivity index (χ3v) is 5.51. The first-order chi connectivity index (χ1) is 16.0. The second kappa shape index (κ2) is 9.16. The van der Waals surface area contributed by atoms with Crippen LogP contribution >= 0.6 is 0 Å². The molecule has 0 radical (unpaired) electrons. The Hall–Kier alpha value is -4.13. The van der Waals surface area contributed by atoms with Crippen LogP contribution in [0.1, 0.15) is 29.8 Å². The number of pyridine rings is 1. The topological polar surface area (TPSA) is 89.0 Å². The number of ether oxygens (including phenoxy) is 2. The summed E-state index contributed by atoms with van der Waals surface area (Å²) in [6.45, 7) is 4.25. The first-order valence-electron chi connectivity index (χ1n) is 10.6. The standard InChI is InChI=1S/C26H24N2O5/c1-4-33-20-13-12-17(15-16(20)2)24(29)22-23(18-9-7-8-14-27-18)28(26(31)25(22)30)19-10-5-6-11-21(19)32-3/h5-15,23,29H,4H2,1-3H3/b24-22-. The molecule has 3 aromatic rings. The maximum Gasteiger partial charge on any atom is 0.300 e. The van der Waals surface area contributed by atoms with E-state index in [9.17, 15) is 14.7 Å². The molecule has 0 saturated carbocycles. The lowest BCUT2D eigenvalue weighted by Crippen LogP contribution is -2.30. The number of aromatic nitrogens is 1. The number of anilines is 1. The molecule has 0 aliphatic carbocycles. The van der Waals surface area contributed by atoms with E-state index in [2.05, 4.69) is 4.98 Å². The number of ketones is 1. The van der Waals surface area contributed by atoms with Gasteiger partial charge in [0.15, 0.2) is 0 Å². The number of Topliss-reactive ketones (excluding diaryl/α,β-unsaturated/α-hetero) is 1. The molecule has 4 rings (SSSR count). The van der Waals surface area contributed by atoms with E-state index in [1.807, 2.05) is 13.8 Å². The van der Waals surface area contributed by atoms with Gasteiger partial charge in [0.1, 0.15) is 23.3 Å². The van der Waals surface area contributed by atoms with Crippen LogP contribution in [0.2, 0.25) is 0 Å². The highest BCUT2D eigenvalue weighted by Gasteiger charge is 2.48. The number of benzene rings is 2. The van der Waals surface area contributed by atoms with Gasteiger partial charge in [0.05, 0.1) is 30.7 Å². The Kier molecular flexibility index (Phi) is 6.13. The van der Waals surface area contributed by atoms with E-state index in [4.69, 9.17) is 9.47 Å². The molecule has 2 aromatic carbocycles. The van der Waals surface area contributed by atoms with Gasteiger partial charge in [-0.25, -0.2) is 0 Å². The van der Waals surface area contributed by atoms with Crippen LogP contribution in [0.25, 0.3) is 5.76 Å². The minimum atomic E-state index is -0.922. The molecule has 1 unspecified atom stereocenters. The molecule has 1 amide bonds. The van der Waals surface area contributed by atoms with Gasteiger partial charge >= 0.3 is 0 Å². The summed E-state index contributed by atoms with van der Waals surface area (Å²) in [5.74, 6) is -0.713. The average Bonchev–Trinajstić information content (AvgIpc) is 3.10. The maximum absolute atomic E-state index is 13.2. The van der Waals surface area contributed by atoms with Crippen LogP contribution in [-0.4, -0.2) is 35.5 Å². The molecule has 1 atom stereocenters. The zero-order valence-corrected chi connectivity index (χ0v) is 18.6. The minimum Gasteiger partial charge on any atom is -0.507 e. The Morgan fingerprint density at radius 2 is 1.82 bits per heavy atom. The predicted molar refractivity (Wildman–Crippen MR) is 124 cm³/mol. The van der Waals surface area contributed by atoms with Crippen molar-refractivity contribution in [3.8, 4) is 11.5 Å². The number of carbonyl (C=O) groups is 2. The van der Waals surface area contributed by atoms with E-state index in [0.717, 1.165) is 5.56 Å². The van der Waals surface area contributed by atoms with Crippen LogP contribution in [0.15, 0.2) is 72.4 Å². The third kappa shape index (κ3) is 3.93. The summed E-state index contributed by atoms with van der Waals surface area (Å²) in [6.07, 6.45) is 1.58. The van der Waals surface area contributed by atoms with Crippen molar-refractivity contribution < 1.29 is 24.2 Å². The van der Waals surface area contributed by atoms with Gasteiger partial charge < -0.3 is 14.6 Å². The molecular weight excluding hydrogens is 420 g/mol. The first-order valence-corrected chi connectivity index (χ1v) is 10.6. The summed E-state index contributed by atoms with van der Waals surface area (Å²) in [5, 5.41) is 11.3. The molecule has 1 aliphatic heterocycles. The van der Waals surface area contributed by atoms with Gasteiger partial charge in [-0.1, -0.05) is 18.2 Å². The van der Waals surface area contributed by atoms with Crippen molar-refractivity contribution in [3.05, 3.63) is 89.3 Å². The number of para-hydroxylation sites is 2. The summed E-state index contributed by atoms with van der Waals surface area (Å²) in [4.78, 5) is 32.2. The fourth-order valence-electron chi connectivity index (χ4n) is 4.00. The van der Waals surface area contributed by atoms with Gasteiger partial charge in [-0.2, -0.15) is 0 Å². The second-order valence-corrected chi connectivity index (χ2v) is 7.51. The number of rotatable bonds is 6. The fourth-order valence-corrected chi connectivity index (χ4v) is 4.00. The predicted octanol–water partition coefficient (Wildman–Crippen LogP) is 4.42. The van der Waals surface area contributed by atoms with Gasteiger partial charge in [-0.3, -0.25) is 19.5 Å². The lowest BCUT2D eigenvalue weighted by atomic mass is 9.97. The van der Waals surface area contributed by atoms with Gasteiger partial charge in [0, 0.05) is 11.8 Å². The molecule has 1 saturated heterocycles. The largest absolute Gasteiger partial charge is 0.507 e. The van der Waals surface area contributed by atoms with Gasteiger partial charge in [-0.05, 0) is 61.9 Å². The van der Waals surface area contributed by atoms with Gasteiger partial charge in [-0.15, -0.1) is 0 Å². The number of amides is 1. The lowest BCUT2D eigenvalue weighted by Gasteiger charge is -2.26. The van der Waals surface area contributed by atoms with Crippen LogP contribution in [-0.2, 0) is 9.59 Å². The van der Waals surface area contributed by atoms with Crippen LogP contribution in [0.3, 0.4) is 0 Å². The number of hydrogen-bond acceptors (Lipinski definition) is 6. The zero-order valence-electron chi connectivity index (χ0n) is 18.6. The van der Waals surface area contributed by atoms with Gasteiger partial charge in [0.25, 0.3) is 11.7 Å². The van der Waals surface area contributed by atoms with E-state index in [0.29, 0.717) is 35.1 Å². The quantitative estimate of drug-likeness (QED) is 0.344. The first kappa shape index (κ1) is 22.1. The minimum absolute atomic E-state index is 0.0341. The van der Waals surface area contributed by atoms with E-state index in [-0.39, 0.29) is 11.3 Å². The molecule has 1 aliphatic rings. The lowest BCUT2D eigenvalue weighted by molar-refractivity contribution is -0.132. The van der Waals surface area contributed by atoms with Gasteiger partial charge in [0.2, 0.25) is 0 Å². The third-order valence-electron chi connectivity index (χ3n) is 5.51. The summed E-state index contributed by atoms with van der Waals surface area (Å²) in [6, 6.07) is 16.4. The van der Waals surface area contributed by atoms with Crippen LogP contribution in [0.5, 0.6) is 11.5 Å². The number of hydrogen-bond donors (Lipinski definition) is 1. The van der Waals surface area contributed by atoms with E-state index < -0.39 is 17.7 Å². The van der Waals surface area contributed by atoms with E-state index >= 15 is 0 Å². The molecule has 7 heteroatoms. The SMILES string of the molecule is CCOc1ccc(/C(O)=C2/C(=O)C(=O)N(c3ccccc3OC)C2c2ccccn2)cc1C. The molecule has 7 nitrogen and oxygen atoms in total. The van der Waals surface area contributed by atoms with Crippen molar-refractivity contribution in [1.82, 2.24) is 4.98 Å². The Labute approximate surface area is 191 Å². The van der Waals surface area contributed by atoms with E-state index in [1.54, 1.807) is 66.9 Å². The molecule has 2 heterocycles. The Balaban J connectivity index is 1.92. The molecule has 33 heavy (non-hydrogen) atoms. The Morgan fingerprint density at radius 3 is 2.48 bits per heavy atom. The number of aliphatic hydroxyl groups excluding tert-OH is 1. The van der Waals surface area contributed by atoms with Crippen LogP contribution in [0, 0.1) is 6.92 Å². The Bertz CT molecular complexity index is 1240. The summed E-state index contributed by atoms with van der Waals surface area (Å²) < 4.78 is 11.0. The highest BCUT2D eigenvalue weighted by Crippen LogP contribution is 2.44. The second-order valence-electron chi connectivity index (χ2n) is 7.51. The smallest absolute Gasteiger partial charge is 0.300 e. The van der Waals surface area contributed by atoms with Crippen LogP contribution in [0.4, 0.5) is 5.69 Å². The molecular formula is C26H24N2O5. The normalized spacial score (nSPS) is 17.3. The fraction of sp³-hybridized carbons (Fsp3) is 0.192. The zero-order chi connectivity index (χ0) is 23.5. The van der Waals surface area contributed by atoms with Crippen molar-refractivity contribution in [2.24, 2.45) is 0 Å². The number of carbonyl (C=O) groups excluding carboxylic acids is 2. The molecule has 1 fully saturated rings. The molecule has 0 bridgehead atoms. The van der Waals surface area contributed by atoms with Crippen LogP contribution < -0.4 is 14.4 Å². The molecule has 1 N–H and O–H groups in total. The van der Waals surface area contributed by atoms with Crippen molar-refractivity contribution >= 4 is 23.1 Å². The van der Waals surface area contributed by atoms with Crippen molar-refractivity contribution in [3.63, 3.8) is 0 Å². The Morgan fingerprint density at radius 1 is 1.06 bits per heavy atom. The maximum atomic E-state index is 13.2. The summed E-state index contributed by atoms with van der Waals surface area (Å²) in [7, 11) is 1.49. The van der Waals surface area contributed by atoms with Crippen molar-refractivity contribution in [2.45, 2.75) is 19.9 Å². The monoisotopic (exact) mass is 444 g/mol. The highest BCUT2D eigenvalue weighted by molar-refractivity contribution is 6.51. The highest BCUT2D eigenvalue weighted by atomic mass is 16.5. The van der Waals surface area contributed by atoms with Crippen molar-refractivity contribution in [2.75, 3.05) is 18.6 Å². The van der Waals surface area contributed by atoms with Crippen molar-refractivity contribution in [1.29, 1.82) is 0 Å². The summed E-state index contributed by atoms with van der Waals surface area (Å²) >= 11 is 0. The number of methoxy groups -OCH3 is 1. The molecule has 168 valence electrons. The number of aryl methyl sites for hydroxylation is 1. The number of aliphatic hydroxyl groups is 1. The molecule has 1 aromatic heterocycles. The number of nitrogens with zero attached hydrogens (tertiary/aromatic N) is 2.